The molecule has 2 aliphatic rings. The standard InChI is InChI=1S/C9H6FNS.C8H4FNO2S.C7H6FNO.C7H8.CCl2OS.CH3.W/c10-8-3-1-7(2-4-8)9-5-6-12-11-9;9-6-3-1-5(2-4-6)7-10-13-8(11)12-7;8-6-3-1-5(2-4-6)7(9)10;1-2-7-4-3-6(1)5-7;2-1(4)5-3;;/h1-6H;1-4H;1-4H,(H2,9,10);1-4,6-7H,5H2;;1H3;/q;;;;;-1;. The Kier molecular flexibility index (Phi) is 20.6. The minimum atomic E-state index is -0.591. The second-order valence-corrected chi connectivity index (χ2v) is 12.2. The van der Waals surface area contributed by atoms with Crippen LogP contribution in [0.1, 0.15) is 16.8 Å². The zero-order valence-electron chi connectivity index (χ0n) is 25.4. The van der Waals surface area contributed by atoms with Gasteiger partial charge < -0.3 is 17.6 Å². The monoisotopic (exact) mass is 936 g/mol. The molecule has 0 atom stereocenters. The zero-order valence-corrected chi connectivity index (χ0v) is 32.3. The van der Waals surface area contributed by atoms with E-state index in [2.05, 4.69) is 44.7 Å². The first kappa shape index (κ1) is 43.7. The Bertz CT molecular complexity index is 1790. The van der Waals surface area contributed by atoms with Gasteiger partial charge in [-0.3, -0.25) is 9.59 Å². The number of carbonyl (C=O) groups excluding carboxylic acids is 2. The van der Waals surface area contributed by atoms with Crippen LogP contribution in [0.4, 0.5) is 18.0 Å². The van der Waals surface area contributed by atoms with E-state index in [1.807, 2.05) is 11.4 Å². The maximum atomic E-state index is 12.5. The van der Waals surface area contributed by atoms with Gasteiger partial charge in [-0.25, -0.2) is 18.0 Å². The Morgan fingerprint density at radius 2 is 1.24 bits per heavy atom. The summed E-state index contributed by atoms with van der Waals surface area (Å²) in [7, 11) is 5.25. The average Bonchev–Trinajstić information content (AvgIpc) is 3.91. The molecule has 1 amide bonds. The van der Waals surface area contributed by atoms with Crippen LogP contribution in [-0.4, -0.2) is 19.2 Å². The van der Waals surface area contributed by atoms with Crippen molar-refractivity contribution in [3.63, 3.8) is 0 Å². The van der Waals surface area contributed by atoms with E-state index >= 15 is 0 Å². The summed E-state index contributed by atoms with van der Waals surface area (Å²) in [5.41, 5.74) is 7.68. The number of hydrogen-bond donors (Lipinski definition) is 1. The van der Waals surface area contributed by atoms with Crippen molar-refractivity contribution < 1.29 is 48.2 Å². The van der Waals surface area contributed by atoms with Crippen LogP contribution in [0.3, 0.4) is 0 Å². The smallest absolute Gasteiger partial charge is 0.394 e. The molecule has 0 fully saturated rings. The minimum Gasteiger partial charge on any atom is -0.394 e. The minimum absolute atomic E-state index is 0. The molecule has 2 bridgehead atoms. The fraction of sp³-hybridized carbons (Fsp3) is 0.0909. The van der Waals surface area contributed by atoms with Crippen molar-refractivity contribution in [3.05, 3.63) is 149 Å². The number of nitrogens with two attached hydrogens (primary N) is 1. The second kappa shape index (κ2) is 23.2. The first-order valence-corrected chi connectivity index (χ1v) is 17.0. The molecule has 7 rings (SSSR count). The predicted molar refractivity (Wildman–Crippen MR) is 189 cm³/mol. The number of nitrogens with zero attached hydrogens (tertiary/aromatic N) is 2. The second-order valence-electron chi connectivity index (χ2n) is 9.26. The van der Waals surface area contributed by atoms with E-state index in [1.165, 1.54) is 78.6 Å². The molecule has 2 heterocycles. The summed E-state index contributed by atoms with van der Waals surface area (Å²) in [6, 6.07) is 18.9. The van der Waals surface area contributed by atoms with Crippen molar-refractivity contribution in [2.45, 2.75) is 6.42 Å². The molecule has 7 nitrogen and oxygen atoms in total. The Balaban J connectivity index is 0.000000313. The molecule has 0 radical (unpaired) electrons. The number of allylic oxidation sites excluding steroid dienone is 4. The fourth-order valence-electron chi connectivity index (χ4n) is 3.82. The molecule has 0 spiro atoms. The van der Waals surface area contributed by atoms with Crippen molar-refractivity contribution in [3.8, 4) is 22.7 Å². The largest absolute Gasteiger partial charge is 0.414 e. The summed E-state index contributed by atoms with van der Waals surface area (Å²) in [6.45, 7) is 0. The number of hydrogen-bond acceptors (Lipinski definition) is 9. The summed E-state index contributed by atoms with van der Waals surface area (Å²) in [5, 5.41) is 1.90. The van der Waals surface area contributed by atoms with Crippen molar-refractivity contribution in [1.82, 2.24) is 8.75 Å². The number of benzene rings is 3. The van der Waals surface area contributed by atoms with Gasteiger partial charge in [0.2, 0.25) is 11.8 Å². The quantitative estimate of drug-likeness (QED) is 0.109. The topological polar surface area (TPSA) is 116 Å². The molecule has 2 N–H and O–H groups in total. The molecule has 3 aromatic carbocycles. The first-order chi connectivity index (χ1) is 22.5. The van der Waals surface area contributed by atoms with Gasteiger partial charge >= 0.3 is 4.94 Å². The Morgan fingerprint density at radius 3 is 1.57 bits per heavy atom. The maximum Gasteiger partial charge on any atom is 0.414 e. The first-order valence-electron chi connectivity index (χ1n) is 13.3. The molecule has 49 heavy (non-hydrogen) atoms. The van der Waals surface area contributed by atoms with Gasteiger partial charge in [-0.15, -0.1) is 4.37 Å². The number of aromatic nitrogens is 2. The van der Waals surface area contributed by atoms with Crippen LogP contribution in [-0.2, 0) is 21.1 Å². The van der Waals surface area contributed by atoms with E-state index in [-0.39, 0.29) is 51.8 Å². The number of carbonyl (C=O) groups is 2. The molecular formula is C33H27Cl2F3N3O4S3W-. The summed E-state index contributed by atoms with van der Waals surface area (Å²) in [4.78, 5) is 30.0. The molecule has 2 aliphatic carbocycles. The van der Waals surface area contributed by atoms with E-state index in [0.29, 0.717) is 22.1 Å². The third-order valence-electron chi connectivity index (χ3n) is 6.00. The average molecular weight is 938 g/mol. The van der Waals surface area contributed by atoms with Crippen molar-refractivity contribution >= 4 is 66.8 Å². The third kappa shape index (κ3) is 16.3. The van der Waals surface area contributed by atoms with Gasteiger partial charge in [-0.1, -0.05) is 24.3 Å². The van der Waals surface area contributed by atoms with E-state index in [0.717, 1.165) is 34.6 Å². The SMILES string of the molecule is C1=CC2C=CC1C2.Fc1ccc(-c2ccsn2)cc1.NC(=O)c1ccc(F)cc1.O=C(Cl)SCl.O=c1oc(-c2ccc(F)cc2)ns1.[CH3-].[W]. The number of primary amides is 1. The molecule has 0 saturated carbocycles. The van der Waals surface area contributed by atoms with Crippen LogP contribution < -0.4 is 10.7 Å². The maximum absolute atomic E-state index is 12.5. The van der Waals surface area contributed by atoms with Gasteiger partial charge in [0.05, 0.1) is 17.2 Å². The van der Waals surface area contributed by atoms with Crippen molar-refractivity contribution in [1.29, 1.82) is 0 Å². The van der Waals surface area contributed by atoms with Gasteiger partial charge in [-0.2, -0.15) is 4.37 Å². The number of fused-ring (bicyclic) bond motifs is 2. The zero-order chi connectivity index (χ0) is 34.2. The van der Waals surface area contributed by atoms with Gasteiger partial charge in [0, 0.05) is 54.1 Å². The number of rotatable bonds is 3. The summed E-state index contributed by atoms with van der Waals surface area (Å²) in [6.07, 6.45) is 10.5. The van der Waals surface area contributed by atoms with E-state index < -0.39 is 15.4 Å². The van der Waals surface area contributed by atoms with Crippen molar-refractivity contribution in [2.75, 3.05) is 0 Å². The molecule has 0 aliphatic heterocycles. The van der Waals surface area contributed by atoms with Crippen LogP contribution in [0.15, 0.2) is 118 Å². The summed E-state index contributed by atoms with van der Waals surface area (Å²) < 4.78 is 49.2. The third-order valence-corrected chi connectivity index (χ3v) is 8.06. The van der Waals surface area contributed by atoms with Crippen LogP contribution in [0.2, 0.25) is 0 Å². The van der Waals surface area contributed by atoms with Gasteiger partial charge in [0.25, 0.3) is 4.57 Å². The molecule has 2 aromatic heterocycles. The van der Waals surface area contributed by atoms with E-state index in [1.54, 1.807) is 12.1 Å². The number of amides is 1. The van der Waals surface area contributed by atoms with Crippen LogP contribution in [0, 0.1) is 36.7 Å². The Morgan fingerprint density at radius 1 is 0.796 bits per heavy atom. The van der Waals surface area contributed by atoms with Crippen molar-refractivity contribution in [2.24, 2.45) is 17.6 Å². The Hall–Kier alpha value is -3.32. The van der Waals surface area contributed by atoms with Crippen LogP contribution in [0.5, 0.6) is 0 Å². The Labute approximate surface area is 317 Å². The normalized spacial score (nSPS) is 14.1. The predicted octanol–water partition coefficient (Wildman–Crippen LogP) is 10.2. The molecular weight excluding hydrogens is 910 g/mol. The van der Waals surface area contributed by atoms with Gasteiger partial charge in [-0.05, 0) is 131 Å². The van der Waals surface area contributed by atoms with Crippen LogP contribution >= 0.6 is 56.3 Å². The summed E-state index contributed by atoms with van der Waals surface area (Å²) >= 11 is 6.79. The molecule has 0 unspecified atom stereocenters. The fourth-order valence-corrected chi connectivity index (χ4v) is 4.77. The number of halogens is 5. The van der Waals surface area contributed by atoms with Gasteiger partial charge in [0.15, 0.2) is 0 Å². The van der Waals surface area contributed by atoms with Crippen LogP contribution in [0.25, 0.3) is 22.7 Å². The molecule has 258 valence electrons. The molecule has 0 saturated heterocycles. The molecule has 5 aromatic rings. The van der Waals surface area contributed by atoms with E-state index in [9.17, 15) is 27.6 Å². The van der Waals surface area contributed by atoms with E-state index in [4.69, 9.17) is 20.8 Å². The summed E-state index contributed by atoms with van der Waals surface area (Å²) in [5.74, 6) is 0.394. The molecule has 16 heteroatoms. The van der Waals surface area contributed by atoms with Gasteiger partial charge in [0.1, 0.15) is 17.5 Å².